The van der Waals surface area contributed by atoms with Crippen molar-refractivity contribution in [2.45, 2.75) is 26.9 Å². The van der Waals surface area contributed by atoms with Crippen LogP contribution in [-0.4, -0.2) is 41.7 Å². The molecule has 0 spiro atoms. The molecule has 3 rings (SSSR count). The topological polar surface area (TPSA) is 68.2 Å². The van der Waals surface area contributed by atoms with Crippen molar-refractivity contribution in [3.8, 4) is 5.75 Å². The highest BCUT2D eigenvalue weighted by molar-refractivity contribution is 8.18. The van der Waals surface area contributed by atoms with Gasteiger partial charge in [0.25, 0.3) is 5.91 Å². The first-order valence-corrected chi connectivity index (χ1v) is 10.5. The summed E-state index contributed by atoms with van der Waals surface area (Å²) in [5.74, 6) is 0.189. The number of thioether (sulfide) groups is 1. The Hall–Kier alpha value is -3.06. The summed E-state index contributed by atoms with van der Waals surface area (Å²) in [5, 5.41) is 0.537. The van der Waals surface area contributed by atoms with Gasteiger partial charge in [-0.2, -0.15) is 0 Å². The van der Waals surface area contributed by atoms with Crippen LogP contribution in [-0.2, 0) is 9.53 Å². The van der Waals surface area contributed by atoms with Gasteiger partial charge >= 0.3 is 5.97 Å². The van der Waals surface area contributed by atoms with Crippen LogP contribution in [0.4, 0.5) is 5.69 Å². The molecular formula is C23H24N2O4S. The van der Waals surface area contributed by atoms with E-state index in [1.165, 1.54) is 16.7 Å². The Kier molecular flexibility index (Phi) is 6.95. The molecule has 0 bridgehead atoms. The molecule has 0 unspecified atom stereocenters. The average molecular weight is 425 g/mol. The number of carbonyl (C=O) groups excluding carboxylic acids is 2. The molecule has 1 saturated heterocycles. The van der Waals surface area contributed by atoms with Crippen LogP contribution in [0, 0.1) is 0 Å². The molecule has 0 radical (unpaired) electrons. The van der Waals surface area contributed by atoms with E-state index < -0.39 is 5.97 Å². The summed E-state index contributed by atoms with van der Waals surface area (Å²) < 4.78 is 10.9. The third kappa shape index (κ3) is 5.10. The largest absolute Gasteiger partial charge is 0.490 e. The highest BCUT2D eigenvalue weighted by Gasteiger charge is 2.30. The number of esters is 1. The lowest BCUT2D eigenvalue weighted by Gasteiger charge is -2.12. The van der Waals surface area contributed by atoms with Crippen molar-refractivity contribution < 1.29 is 19.1 Å². The molecule has 0 aliphatic carbocycles. The van der Waals surface area contributed by atoms with Gasteiger partial charge in [-0.1, -0.05) is 24.3 Å². The maximum absolute atomic E-state index is 12.7. The smallest absolute Gasteiger partial charge is 0.338 e. The molecular weight excluding hydrogens is 400 g/mol. The average Bonchev–Trinajstić information content (AvgIpc) is 2.97. The van der Waals surface area contributed by atoms with Gasteiger partial charge in [0.2, 0.25) is 0 Å². The summed E-state index contributed by atoms with van der Waals surface area (Å²) in [5.41, 5.74) is 1.83. The quantitative estimate of drug-likeness (QED) is 0.488. The Morgan fingerprint density at radius 3 is 2.70 bits per heavy atom. The molecule has 0 aromatic heterocycles. The molecule has 1 aliphatic heterocycles. The van der Waals surface area contributed by atoms with Gasteiger partial charge in [0.1, 0.15) is 5.75 Å². The van der Waals surface area contributed by atoms with Crippen molar-refractivity contribution in [2.24, 2.45) is 4.99 Å². The Morgan fingerprint density at radius 1 is 1.20 bits per heavy atom. The van der Waals surface area contributed by atoms with Crippen molar-refractivity contribution >= 4 is 40.6 Å². The monoisotopic (exact) mass is 424 g/mol. The second kappa shape index (κ2) is 9.63. The van der Waals surface area contributed by atoms with Crippen LogP contribution < -0.4 is 4.74 Å². The molecule has 6 nitrogen and oxygen atoms in total. The maximum Gasteiger partial charge on any atom is 0.338 e. The maximum atomic E-state index is 12.7. The minimum absolute atomic E-state index is 0.0305. The molecule has 0 N–H and O–H groups in total. The summed E-state index contributed by atoms with van der Waals surface area (Å²) in [4.78, 5) is 31.3. The van der Waals surface area contributed by atoms with Crippen LogP contribution in [0.1, 0.15) is 36.7 Å². The number of amides is 1. The number of carbonyl (C=O) groups is 2. The predicted molar refractivity (Wildman–Crippen MR) is 120 cm³/mol. The molecule has 7 heteroatoms. The summed E-state index contributed by atoms with van der Waals surface area (Å²) in [6.45, 7) is 5.99. The van der Waals surface area contributed by atoms with Gasteiger partial charge < -0.3 is 9.47 Å². The van der Waals surface area contributed by atoms with Crippen molar-refractivity contribution in [2.75, 3.05) is 13.7 Å². The first-order chi connectivity index (χ1) is 14.4. The SMILES string of the molecule is CCOC(=O)c1cccc(N=C2SC(=Cc3ccccc3OC(C)C)C(=O)N2C)c1. The summed E-state index contributed by atoms with van der Waals surface area (Å²) in [6.07, 6.45) is 1.85. The molecule has 2 aromatic carbocycles. The number of hydrogen-bond acceptors (Lipinski definition) is 6. The van der Waals surface area contributed by atoms with Gasteiger partial charge in [0.15, 0.2) is 5.17 Å². The molecule has 1 fully saturated rings. The number of ether oxygens (including phenoxy) is 2. The van der Waals surface area contributed by atoms with E-state index in [9.17, 15) is 9.59 Å². The van der Waals surface area contributed by atoms with Gasteiger partial charge in [-0.3, -0.25) is 9.69 Å². The van der Waals surface area contributed by atoms with E-state index in [0.717, 1.165) is 11.3 Å². The predicted octanol–water partition coefficient (Wildman–Crippen LogP) is 4.88. The zero-order valence-electron chi connectivity index (χ0n) is 17.4. The van der Waals surface area contributed by atoms with E-state index in [1.807, 2.05) is 44.2 Å². The van der Waals surface area contributed by atoms with Crippen molar-refractivity contribution in [1.29, 1.82) is 0 Å². The fourth-order valence-electron chi connectivity index (χ4n) is 2.78. The van der Waals surface area contributed by atoms with Gasteiger partial charge in [-0.05, 0) is 62.9 Å². The van der Waals surface area contributed by atoms with Gasteiger partial charge in [0.05, 0.1) is 28.9 Å². The lowest BCUT2D eigenvalue weighted by molar-refractivity contribution is -0.121. The standard InChI is InChI=1S/C23H24N2O4S/c1-5-28-22(27)17-10-8-11-18(13-17)24-23-25(4)21(26)20(30-23)14-16-9-6-7-12-19(16)29-15(2)3/h6-15H,5H2,1-4H3. The normalized spacial score (nSPS) is 16.6. The number of hydrogen-bond donors (Lipinski definition) is 0. The van der Waals surface area contributed by atoms with Crippen LogP contribution in [0.25, 0.3) is 6.08 Å². The number of benzene rings is 2. The minimum atomic E-state index is -0.398. The van der Waals surface area contributed by atoms with Gasteiger partial charge in [-0.15, -0.1) is 0 Å². The highest BCUT2D eigenvalue weighted by atomic mass is 32.2. The zero-order chi connectivity index (χ0) is 21.7. The van der Waals surface area contributed by atoms with Crippen LogP contribution in [0.3, 0.4) is 0 Å². The number of para-hydroxylation sites is 1. The Labute approximate surface area is 180 Å². The first-order valence-electron chi connectivity index (χ1n) is 9.68. The molecule has 0 atom stereocenters. The number of nitrogens with zero attached hydrogens (tertiary/aromatic N) is 2. The molecule has 1 aliphatic rings. The van der Waals surface area contributed by atoms with Crippen LogP contribution in [0.15, 0.2) is 58.4 Å². The van der Waals surface area contributed by atoms with Crippen LogP contribution in [0.5, 0.6) is 5.75 Å². The number of amidine groups is 1. The van der Waals surface area contributed by atoms with Crippen molar-refractivity contribution in [3.63, 3.8) is 0 Å². The summed E-state index contributed by atoms with van der Waals surface area (Å²) in [6, 6.07) is 14.5. The zero-order valence-corrected chi connectivity index (χ0v) is 18.2. The third-order valence-electron chi connectivity index (χ3n) is 4.15. The summed E-state index contributed by atoms with van der Waals surface area (Å²) >= 11 is 1.28. The van der Waals surface area contributed by atoms with Crippen LogP contribution >= 0.6 is 11.8 Å². The van der Waals surface area contributed by atoms with Crippen molar-refractivity contribution in [3.05, 3.63) is 64.6 Å². The Morgan fingerprint density at radius 2 is 1.97 bits per heavy atom. The highest BCUT2D eigenvalue weighted by Crippen LogP contribution is 2.35. The lowest BCUT2D eigenvalue weighted by atomic mass is 10.2. The van der Waals surface area contributed by atoms with E-state index in [-0.39, 0.29) is 12.0 Å². The molecule has 30 heavy (non-hydrogen) atoms. The molecule has 0 saturated carbocycles. The second-order valence-electron chi connectivity index (χ2n) is 6.84. The molecule has 1 amide bonds. The van der Waals surface area contributed by atoms with Gasteiger partial charge in [0, 0.05) is 12.6 Å². The molecule has 2 aromatic rings. The van der Waals surface area contributed by atoms with E-state index in [2.05, 4.69) is 4.99 Å². The molecule has 1 heterocycles. The van der Waals surface area contributed by atoms with E-state index in [1.54, 1.807) is 38.2 Å². The number of rotatable bonds is 6. The molecule has 156 valence electrons. The fourth-order valence-corrected chi connectivity index (χ4v) is 3.76. The Balaban J connectivity index is 1.88. The first kappa shape index (κ1) is 21.6. The van der Waals surface area contributed by atoms with Crippen LogP contribution in [0.2, 0.25) is 0 Å². The number of aliphatic imine (C=N–C) groups is 1. The third-order valence-corrected chi connectivity index (χ3v) is 5.21. The van der Waals surface area contributed by atoms with Gasteiger partial charge in [-0.25, -0.2) is 9.79 Å². The Bertz CT molecular complexity index is 1010. The van der Waals surface area contributed by atoms with E-state index >= 15 is 0 Å². The fraction of sp³-hybridized carbons (Fsp3) is 0.261. The minimum Gasteiger partial charge on any atom is -0.490 e. The number of likely N-dealkylation sites (N-methyl/N-ethyl adjacent to an activating group) is 1. The van der Waals surface area contributed by atoms with E-state index in [0.29, 0.717) is 27.9 Å². The second-order valence-corrected chi connectivity index (χ2v) is 7.85. The van der Waals surface area contributed by atoms with E-state index in [4.69, 9.17) is 9.47 Å². The summed E-state index contributed by atoms with van der Waals surface area (Å²) in [7, 11) is 1.68. The van der Waals surface area contributed by atoms with Crippen molar-refractivity contribution in [1.82, 2.24) is 4.90 Å². The lowest BCUT2D eigenvalue weighted by Crippen LogP contribution is -2.23.